The Morgan fingerprint density at radius 3 is 3.00 bits per heavy atom. The van der Waals surface area contributed by atoms with Crippen molar-refractivity contribution in [3.63, 3.8) is 0 Å². The van der Waals surface area contributed by atoms with E-state index in [4.69, 9.17) is 0 Å². The van der Waals surface area contributed by atoms with E-state index >= 15 is 0 Å². The van der Waals surface area contributed by atoms with Crippen LogP contribution >= 0.6 is 23.1 Å². The Hall–Kier alpha value is -1.01. The molecule has 1 N–H and O–H groups in total. The third-order valence-corrected chi connectivity index (χ3v) is 6.43. The minimum atomic E-state index is -0.805. The maximum Gasteiger partial charge on any atom is 0.311 e. The fraction of sp³-hybridized carbons (Fsp3) is 0.571. The number of thioether (sulfide) groups is 1. The van der Waals surface area contributed by atoms with Gasteiger partial charge < -0.3 is 10.0 Å². The van der Waals surface area contributed by atoms with Gasteiger partial charge in [0.25, 0.3) is 0 Å². The van der Waals surface area contributed by atoms with Crippen LogP contribution in [-0.2, 0) is 16.0 Å². The molecule has 108 valence electrons. The molecule has 3 heterocycles. The second-order valence-electron chi connectivity index (χ2n) is 5.68. The molecule has 0 bridgehead atoms. The molecular formula is C14H17NO3S2. The van der Waals surface area contributed by atoms with Crippen LogP contribution in [-0.4, -0.2) is 40.7 Å². The second kappa shape index (κ2) is 5.07. The Labute approximate surface area is 126 Å². The zero-order valence-corrected chi connectivity index (χ0v) is 12.9. The van der Waals surface area contributed by atoms with Gasteiger partial charge in [0.05, 0.1) is 5.41 Å². The van der Waals surface area contributed by atoms with Crippen LogP contribution in [0.5, 0.6) is 0 Å². The summed E-state index contributed by atoms with van der Waals surface area (Å²) in [6.45, 7) is 2.61. The van der Waals surface area contributed by atoms with Crippen molar-refractivity contribution >= 4 is 35.0 Å². The van der Waals surface area contributed by atoms with Crippen LogP contribution in [0.4, 0.5) is 0 Å². The minimum absolute atomic E-state index is 0.0827. The monoisotopic (exact) mass is 311 g/mol. The molecule has 0 radical (unpaired) electrons. The van der Waals surface area contributed by atoms with Gasteiger partial charge in [0.2, 0.25) is 5.91 Å². The summed E-state index contributed by atoms with van der Waals surface area (Å²) in [7, 11) is 0. The zero-order valence-electron chi connectivity index (χ0n) is 11.3. The number of carbonyl (C=O) groups is 2. The van der Waals surface area contributed by atoms with Gasteiger partial charge in [-0.15, -0.1) is 23.1 Å². The molecule has 1 saturated heterocycles. The first kappa shape index (κ1) is 13.9. The summed E-state index contributed by atoms with van der Waals surface area (Å²) in [6.07, 6.45) is 1.58. The van der Waals surface area contributed by atoms with Gasteiger partial charge in [-0.3, -0.25) is 9.59 Å². The average molecular weight is 311 g/mol. The number of carboxylic acids is 1. The van der Waals surface area contributed by atoms with Gasteiger partial charge in [-0.25, -0.2) is 0 Å². The van der Waals surface area contributed by atoms with Gasteiger partial charge in [0, 0.05) is 18.0 Å². The van der Waals surface area contributed by atoms with E-state index in [9.17, 15) is 14.7 Å². The molecule has 2 aliphatic heterocycles. The SMILES string of the molecule is CC1(C(=O)O)CCN(C(=O)C2SCCc3sccc32)C1. The van der Waals surface area contributed by atoms with Crippen LogP contribution < -0.4 is 0 Å². The second-order valence-corrected chi connectivity index (χ2v) is 7.89. The van der Waals surface area contributed by atoms with E-state index < -0.39 is 11.4 Å². The highest BCUT2D eigenvalue weighted by atomic mass is 32.2. The van der Waals surface area contributed by atoms with Crippen LogP contribution in [0.25, 0.3) is 0 Å². The highest BCUT2D eigenvalue weighted by molar-refractivity contribution is 8.00. The lowest BCUT2D eigenvalue weighted by atomic mass is 9.90. The minimum Gasteiger partial charge on any atom is -0.481 e. The van der Waals surface area contributed by atoms with Crippen LogP contribution in [0.2, 0.25) is 0 Å². The van der Waals surface area contributed by atoms with Crippen LogP contribution in [0.3, 0.4) is 0 Å². The lowest BCUT2D eigenvalue weighted by Crippen LogP contribution is -2.37. The van der Waals surface area contributed by atoms with Crippen molar-refractivity contribution in [2.75, 3.05) is 18.8 Å². The number of likely N-dealkylation sites (tertiary alicyclic amines) is 1. The standard InChI is InChI=1S/C14H17NO3S2/c1-14(13(17)18)4-5-15(8-14)12(16)11-9-2-6-19-10(9)3-7-20-11/h2,6,11H,3-5,7-8H2,1H3,(H,17,18). The highest BCUT2D eigenvalue weighted by Crippen LogP contribution is 2.42. The maximum absolute atomic E-state index is 12.7. The first-order chi connectivity index (χ1) is 9.51. The lowest BCUT2D eigenvalue weighted by Gasteiger charge is -2.27. The van der Waals surface area contributed by atoms with E-state index in [1.807, 2.05) is 11.4 Å². The van der Waals surface area contributed by atoms with Crippen molar-refractivity contribution in [2.24, 2.45) is 5.41 Å². The number of amides is 1. The third-order valence-electron chi connectivity index (χ3n) is 4.20. The molecule has 1 aromatic heterocycles. The largest absolute Gasteiger partial charge is 0.481 e. The molecule has 0 aromatic carbocycles. The van der Waals surface area contributed by atoms with E-state index in [1.54, 1.807) is 34.9 Å². The van der Waals surface area contributed by atoms with E-state index in [1.165, 1.54) is 4.88 Å². The summed E-state index contributed by atoms with van der Waals surface area (Å²) in [4.78, 5) is 27.0. The van der Waals surface area contributed by atoms with Gasteiger partial charge in [-0.05, 0) is 42.5 Å². The molecule has 2 aliphatic rings. The van der Waals surface area contributed by atoms with Gasteiger partial charge >= 0.3 is 5.97 Å². The molecule has 20 heavy (non-hydrogen) atoms. The van der Waals surface area contributed by atoms with E-state index in [0.717, 1.165) is 17.7 Å². The number of aliphatic carboxylic acids is 1. The van der Waals surface area contributed by atoms with Crippen LogP contribution in [0, 0.1) is 5.41 Å². The zero-order chi connectivity index (χ0) is 14.3. The number of thiophene rings is 1. The number of carbonyl (C=O) groups excluding carboxylic acids is 1. The molecule has 6 heteroatoms. The molecule has 2 atom stereocenters. The quantitative estimate of drug-likeness (QED) is 0.911. The number of hydrogen-bond donors (Lipinski definition) is 1. The maximum atomic E-state index is 12.7. The summed E-state index contributed by atoms with van der Waals surface area (Å²) < 4.78 is 0. The normalized spacial score (nSPS) is 29.2. The van der Waals surface area contributed by atoms with Gasteiger partial charge in [-0.2, -0.15) is 0 Å². The Kier molecular flexibility index (Phi) is 3.54. The van der Waals surface area contributed by atoms with Crippen molar-refractivity contribution in [1.82, 2.24) is 4.90 Å². The summed E-state index contributed by atoms with van der Waals surface area (Å²) in [5.74, 6) is 0.244. The summed E-state index contributed by atoms with van der Waals surface area (Å²) in [5, 5.41) is 11.2. The van der Waals surface area contributed by atoms with Gasteiger partial charge in [-0.1, -0.05) is 0 Å². The topological polar surface area (TPSA) is 57.6 Å². The molecule has 0 spiro atoms. The predicted octanol–water partition coefficient (Wildman–Crippen LogP) is 2.40. The molecule has 0 aliphatic carbocycles. The smallest absolute Gasteiger partial charge is 0.311 e. The highest BCUT2D eigenvalue weighted by Gasteiger charge is 2.44. The fourth-order valence-electron chi connectivity index (χ4n) is 2.84. The van der Waals surface area contributed by atoms with Crippen molar-refractivity contribution in [3.8, 4) is 0 Å². The molecule has 2 unspecified atom stereocenters. The number of nitrogens with zero attached hydrogens (tertiary/aromatic N) is 1. The van der Waals surface area contributed by atoms with E-state index in [-0.39, 0.29) is 11.2 Å². The molecule has 1 amide bonds. The van der Waals surface area contributed by atoms with Crippen molar-refractivity contribution < 1.29 is 14.7 Å². The van der Waals surface area contributed by atoms with Crippen molar-refractivity contribution in [2.45, 2.75) is 25.0 Å². The van der Waals surface area contributed by atoms with Crippen LogP contribution in [0.15, 0.2) is 11.4 Å². The van der Waals surface area contributed by atoms with E-state index in [0.29, 0.717) is 19.5 Å². The van der Waals surface area contributed by atoms with E-state index in [2.05, 4.69) is 0 Å². The van der Waals surface area contributed by atoms with Crippen molar-refractivity contribution in [3.05, 3.63) is 21.9 Å². The fourth-order valence-corrected chi connectivity index (χ4v) is 5.21. The van der Waals surface area contributed by atoms with Crippen LogP contribution in [0.1, 0.15) is 29.0 Å². The summed E-state index contributed by atoms with van der Waals surface area (Å²) in [6, 6.07) is 2.04. The lowest BCUT2D eigenvalue weighted by molar-refractivity contribution is -0.147. The molecule has 4 nitrogen and oxygen atoms in total. The van der Waals surface area contributed by atoms with Gasteiger partial charge in [0.15, 0.2) is 0 Å². The number of carboxylic acid groups (broad SMARTS) is 1. The first-order valence-electron chi connectivity index (χ1n) is 6.71. The number of rotatable bonds is 2. The number of fused-ring (bicyclic) bond motifs is 1. The molecule has 1 aromatic rings. The Bertz CT molecular complexity index is 556. The summed E-state index contributed by atoms with van der Waals surface area (Å²) in [5.41, 5.74) is 0.354. The number of hydrogen-bond acceptors (Lipinski definition) is 4. The third kappa shape index (κ3) is 2.24. The average Bonchev–Trinajstić information content (AvgIpc) is 3.04. The predicted molar refractivity (Wildman–Crippen MR) is 80.2 cm³/mol. The molecular weight excluding hydrogens is 294 g/mol. The molecule has 3 rings (SSSR count). The van der Waals surface area contributed by atoms with Gasteiger partial charge in [0.1, 0.15) is 5.25 Å². The Morgan fingerprint density at radius 2 is 2.30 bits per heavy atom. The first-order valence-corrected chi connectivity index (χ1v) is 8.64. The summed E-state index contributed by atoms with van der Waals surface area (Å²) >= 11 is 3.40. The molecule has 1 fully saturated rings. The number of aryl methyl sites for hydroxylation is 1. The molecule has 0 saturated carbocycles. The Balaban J connectivity index is 1.77. The van der Waals surface area contributed by atoms with Crippen molar-refractivity contribution in [1.29, 1.82) is 0 Å². The Morgan fingerprint density at radius 1 is 1.50 bits per heavy atom.